The van der Waals surface area contributed by atoms with E-state index in [9.17, 15) is 19.0 Å². The SMILES string of the molecule is CCCCC/C=C\C/C=C\C/C=C\CC1OC1CCCC(=O)O[C@H](COC(=O)CCCCCCCCCCC/C=C\C/C=C\CCCCC)COP(=O)(O)OCC[N+](C)(C)C. The van der Waals surface area contributed by atoms with Crippen LogP contribution in [-0.4, -0.2) is 87.1 Å². The predicted molar refractivity (Wildman–Crippen MR) is 251 cm³/mol. The van der Waals surface area contributed by atoms with Gasteiger partial charge in [-0.15, -0.1) is 0 Å². The summed E-state index contributed by atoms with van der Waals surface area (Å²) in [6.45, 7) is 4.28. The molecule has 352 valence electrons. The number of phosphoric acid groups is 1. The van der Waals surface area contributed by atoms with Gasteiger partial charge in [0.1, 0.15) is 19.8 Å². The summed E-state index contributed by atoms with van der Waals surface area (Å²) in [6, 6.07) is 0. The van der Waals surface area contributed by atoms with Gasteiger partial charge in [-0.25, -0.2) is 4.57 Å². The van der Waals surface area contributed by atoms with Crippen molar-refractivity contribution in [3.8, 4) is 0 Å². The van der Waals surface area contributed by atoms with Gasteiger partial charge < -0.3 is 23.6 Å². The van der Waals surface area contributed by atoms with Crippen molar-refractivity contribution in [1.82, 2.24) is 0 Å². The molecule has 11 heteroatoms. The van der Waals surface area contributed by atoms with Crippen LogP contribution >= 0.6 is 7.82 Å². The Kier molecular flexibility index (Phi) is 35.5. The molecule has 1 aliphatic heterocycles. The number of allylic oxidation sites excluding steroid dienone is 9. The van der Waals surface area contributed by atoms with Crippen LogP contribution in [0, 0.1) is 0 Å². The van der Waals surface area contributed by atoms with Crippen LogP contribution in [0.15, 0.2) is 60.8 Å². The molecule has 4 atom stereocenters. The second-order valence-electron chi connectivity index (χ2n) is 17.5. The van der Waals surface area contributed by atoms with Gasteiger partial charge in [0, 0.05) is 12.8 Å². The lowest BCUT2D eigenvalue weighted by Gasteiger charge is -2.24. The number of hydrogen-bond acceptors (Lipinski definition) is 8. The number of esters is 2. The molecular formula is C50H89NO9P+. The summed E-state index contributed by atoms with van der Waals surface area (Å²) in [5.74, 6) is -0.881. The van der Waals surface area contributed by atoms with Crippen LogP contribution < -0.4 is 0 Å². The van der Waals surface area contributed by atoms with E-state index >= 15 is 0 Å². The summed E-state index contributed by atoms with van der Waals surface area (Å²) in [7, 11) is 1.42. The first-order chi connectivity index (χ1) is 29.5. The molecule has 0 aromatic heterocycles. The van der Waals surface area contributed by atoms with Gasteiger partial charge in [-0.1, -0.05) is 145 Å². The summed E-state index contributed by atoms with van der Waals surface area (Å²) < 4.78 is 40.2. The van der Waals surface area contributed by atoms with Crippen molar-refractivity contribution < 1.29 is 46.8 Å². The fourth-order valence-corrected chi connectivity index (χ4v) is 7.28. The number of epoxide rings is 1. The number of nitrogens with zero attached hydrogens (tertiary/aromatic N) is 1. The largest absolute Gasteiger partial charge is 0.472 e. The molecule has 3 unspecified atom stereocenters. The maximum Gasteiger partial charge on any atom is 0.472 e. The number of quaternary nitrogens is 1. The van der Waals surface area contributed by atoms with Crippen LogP contribution in [0.5, 0.6) is 0 Å². The normalized spacial score (nSPS) is 17.3. The Morgan fingerprint density at radius 2 is 1.10 bits per heavy atom. The Labute approximate surface area is 372 Å². The van der Waals surface area contributed by atoms with E-state index in [4.69, 9.17) is 23.3 Å². The molecule has 0 radical (unpaired) electrons. The fraction of sp³-hybridized carbons (Fsp3) is 0.760. The van der Waals surface area contributed by atoms with E-state index in [2.05, 4.69) is 74.6 Å². The van der Waals surface area contributed by atoms with Gasteiger partial charge in [-0.3, -0.25) is 18.6 Å². The molecule has 10 nitrogen and oxygen atoms in total. The maximum atomic E-state index is 12.8. The minimum Gasteiger partial charge on any atom is -0.462 e. The first-order valence-electron chi connectivity index (χ1n) is 24.1. The number of likely N-dealkylation sites (N-methyl/N-ethyl adjacent to an activating group) is 1. The second-order valence-corrected chi connectivity index (χ2v) is 19.0. The molecule has 61 heavy (non-hydrogen) atoms. The van der Waals surface area contributed by atoms with Crippen LogP contribution in [0.2, 0.25) is 0 Å². The molecule has 0 aromatic rings. The Morgan fingerprint density at radius 1 is 0.607 bits per heavy atom. The first-order valence-corrected chi connectivity index (χ1v) is 25.6. The van der Waals surface area contributed by atoms with Gasteiger partial charge in [0.2, 0.25) is 0 Å². The molecule has 1 saturated heterocycles. The Bertz CT molecular complexity index is 1290. The highest BCUT2D eigenvalue weighted by atomic mass is 31.2. The lowest BCUT2D eigenvalue weighted by molar-refractivity contribution is -0.870. The highest BCUT2D eigenvalue weighted by molar-refractivity contribution is 7.47. The smallest absolute Gasteiger partial charge is 0.462 e. The Morgan fingerprint density at radius 3 is 1.66 bits per heavy atom. The molecule has 0 amide bonds. The van der Waals surface area contributed by atoms with E-state index in [1.165, 1.54) is 83.5 Å². The first kappa shape index (κ1) is 56.7. The van der Waals surface area contributed by atoms with Crippen LogP contribution in [0.3, 0.4) is 0 Å². The number of hydrogen-bond donors (Lipinski definition) is 1. The number of rotatable bonds is 42. The third kappa shape index (κ3) is 39.0. The van der Waals surface area contributed by atoms with E-state index in [0.29, 0.717) is 17.4 Å². The van der Waals surface area contributed by atoms with Crippen LogP contribution in [0.1, 0.15) is 181 Å². The van der Waals surface area contributed by atoms with Crippen molar-refractivity contribution in [2.75, 3.05) is 47.5 Å². The van der Waals surface area contributed by atoms with Gasteiger partial charge in [0.15, 0.2) is 6.10 Å². The lowest BCUT2D eigenvalue weighted by atomic mass is 10.1. The third-order valence-electron chi connectivity index (χ3n) is 10.4. The van der Waals surface area contributed by atoms with Gasteiger partial charge in [-0.05, 0) is 83.5 Å². The quantitative estimate of drug-likeness (QED) is 0.0159. The van der Waals surface area contributed by atoms with Crippen LogP contribution in [-0.2, 0) is 37.4 Å². The van der Waals surface area contributed by atoms with E-state index in [-0.39, 0.29) is 38.3 Å². The van der Waals surface area contributed by atoms with Crippen molar-refractivity contribution >= 4 is 19.8 Å². The zero-order valence-corrected chi connectivity index (χ0v) is 40.2. The van der Waals surface area contributed by atoms with E-state index in [1.54, 1.807) is 0 Å². The van der Waals surface area contributed by atoms with Crippen molar-refractivity contribution in [2.24, 2.45) is 0 Å². The summed E-state index contributed by atoms with van der Waals surface area (Å²) in [6.07, 6.45) is 48.5. The van der Waals surface area contributed by atoms with Gasteiger partial charge >= 0.3 is 19.8 Å². The standard InChI is InChI=1S/C50H88NO9P/c1-6-8-10-12-14-16-18-20-21-22-23-24-25-26-28-30-32-34-36-40-49(52)56-44-46(45-58-61(54,55)57-43-42-51(3,4)5)59-50(53)41-37-39-48-47(60-48)38-35-33-31-29-27-19-17-15-13-11-9-7-2/h14-17,20-21,27,29,33,35,46-48H,6-13,18-19,22-26,28,30-32,34,36-45H2,1-5H3/p+1/b16-14-,17-15-,21-20-,29-27-,35-33-/t46-,47?,48?/m1/s1. The third-order valence-corrected chi connectivity index (χ3v) is 11.4. The summed E-state index contributed by atoms with van der Waals surface area (Å²) in [4.78, 5) is 35.6. The van der Waals surface area contributed by atoms with E-state index < -0.39 is 32.5 Å². The monoisotopic (exact) mass is 879 g/mol. The number of unbranched alkanes of at least 4 members (excludes halogenated alkanes) is 15. The fourth-order valence-electron chi connectivity index (χ4n) is 6.54. The summed E-state index contributed by atoms with van der Waals surface area (Å²) in [5.41, 5.74) is 0. The highest BCUT2D eigenvalue weighted by Crippen LogP contribution is 2.43. The summed E-state index contributed by atoms with van der Waals surface area (Å²) >= 11 is 0. The molecule has 0 spiro atoms. The average molecular weight is 879 g/mol. The van der Waals surface area contributed by atoms with E-state index in [1.807, 2.05) is 21.1 Å². The molecule has 0 saturated carbocycles. The van der Waals surface area contributed by atoms with Crippen molar-refractivity contribution in [3.63, 3.8) is 0 Å². The topological polar surface area (TPSA) is 121 Å². The van der Waals surface area contributed by atoms with Crippen molar-refractivity contribution in [3.05, 3.63) is 60.8 Å². The van der Waals surface area contributed by atoms with Crippen LogP contribution in [0.4, 0.5) is 0 Å². The molecule has 0 aliphatic carbocycles. The van der Waals surface area contributed by atoms with Crippen LogP contribution in [0.25, 0.3) is 0 Å². The van der Waals surface area contributed by atoms with Gasteiger partial charge in [0.25, 0.3) is 0 Å². The minimum atomic E-state index is -4.41. The molecule has 1 rings (SSSR count). The molecule has 1 fully saturated rings. The van der Waals surface area contributed by atoms with Crippen molar-refractivity contribution in [1.29, 1.82) is 0 Å². The molecular weight excluding hydrogens is 790 g/mol. The predicted octanol–water partition coefficient (Wildman–Crippen LogP) is 13.0. The van der Waals surface area contributed by atoms with Crippen molar-refractivity contribution in [2.45, 2.75) is 199 Å². The zero-order valence-electron chi connectivity index (χ0n) is 39.3. The number of carbonyl (C=O) groups is 2. The minimum absolute atomic E-state index is 0.0144. The van der Waals surface area contributed by atoms with Gasteiger partial charge in [-0.2, -0.15) is 0 Å². The number of ether oxygens (including phenoxy) is 3. The zero-order chi connectivity index (χ0) is 44.7. The maximum absolute atomic E-state index is 12.8. The molecule has 1 N–H and O–H groups in total. The average Bonchev–Trinajstić information content (AvgIpc) is 3.97. The molecule has 1 heterocycles. The molecule has 0 bridgehead atoms. The highest BCUT2D eigenvalue weighted by Gasteiger charge is 2.37. The Hall–Kier alpha value is -2.33. The summed E-state index contributed by atoms with van der Waals surface area (Å²) in [5, 5.41) is 0. The number of carbonyl (C=O) groups excluding carboxylic acids is 2. The van der Waals surface area contributed by atoms with Gasteiger partial charge in [0.05, 0.1) is 40.0 Å². The molecule has 0 aromatic carbocycles. The number of phosphoric ester groups is 1. The lowest BCUT2D eigenvalue weighted by Crippen LogP contribution is -2.37. The Balaban J connectivity index is 2.30. The molecule has 1 aliphatic rings. The van der Waals surface area contributed by atoms with E-state index in [0.717, 1.165) is 64.2 Å². The second kappa shape index (κ2) is 38.2.